The van der Waals surface area contributed by atoms with Gasteiger partial charge in [0.15, 0.2) is 6.61 Å². The van der Waals surface area contributed by atoms with Crippen molar-refractivity contribution < 1.29 is 19.0 Å². The molecule has 0 bridgehead atoms. The van der Waals surface area contributed by atoms with Crippen LogP contribution in [0.15, 0.2) is 54.6 Å². The lowest BCUT2D eigenvalue weighted by atomic mass is 9.74. The molecule has 26 heavy (non-hydrogen) atoms. The van der Waals surface area contributed by atoms with E-state index in [2.05, 4.69) is 17.4 Å². The minimum Gasteiger partial charge on any atom is -0.497 e. The van der Waals surface area contributed by atoms with Gasteiger partial charge in [0, 0.05) is 31.2 Å². The molecular formula is C21H25NO4. The predicted octanol–water partition coefficient (Wildman–Crippen LogP) is 2.94. The quantitative estimate of drug-likeness (QED) is 0.830. The fraction of sp³-hybridized carbons (Fsp3) is 0.381. The zero-order valence-corrected chi connectivity index (χ0v) is 15.1. The Morgan fingerprint density at radius 2 is 1.81 bits per heavy atom. The van der Waals surface area contributed by atoms with Crippen LogP contribution in [0.2, 0.25) is 0 Å². The van der Waals surface area contributed by atoms with E-state index in [-0.39, 0.29) is 17.9 Å². The fourth-order valence-electron chi connectivity index (χ4n) is 3.28. The van der Waals surface area contributed by atoms with Gasteiger partial charge in [-0.3, -0.25) is 4.79 Å². The number of carbonyl (C=O) groups excluding carboxylic acids is 1. The van der Waals surface area contributed by atoms with Gasteiger partial charge in [-0.05, 0) is 30.5 Å². The third kappa shape index (κ3) is 4.55. The molecule has 1 aliphatic rings. The molecule has 1 fully saturated rings. The molecule has 2 aromatic rings. The first-order chi connectivity index (χ1) is 12.7. The molecule has 0 saturated carbocycles. The molecule has 5 heteroatoms. The summed E-state index contributed by atoms with van der Waals surface area (Å²) < 4.78 is 16.3. The number of methoxy groups -OCH3 is 1. The average molecular weight is 355 g/mol. The molecule has 0 aromatic heterocycles. The zero-order chi connectivity index (χ0) is 18.2. The normalized spacial score (nSPS) is 15.9. The van der Waals surface area contributed by atoms with E-state index in [0.29, 0.717) is 31.3 Å². The molecule has 5 nitrogen and oxygen atoms in total. The number of rotatable bonds is 7. The highest BCUT2D eigenvalue weighted by Crippen LogP contribution is 2.34. The van der Waals surface area contributed by atoms with E-state index in [1.807, 2.05) is 30.3 Å². The molecule has 0 unspecified atom stereocenters. The Bertz CT molecular complexity index is 711. The van der Waals surface area contributed by atoms with Crippen LogP contribution in [0, 0.1) is 0 Å². The first-order valence-corrected chi connectivity index (χ1v) is 8.89. The number of hydrogen-bond donors (Lipinski definition) is 1. The van der Waals surface area contributed by atoms with Gasteiger partial charge in [0.2, 0.25) is 0 Å². The van der Waals surface area contributed by atoms with Gasteiger partial charge < -0.3 is 19.5 Å². The maximum atomic E-state index is 12.3. The Morgan fingerprint density at radius 3 is 2.54 bits per heavy atom. The van der Waals surface area contributed by atoms with Gasteiger partial charge in [-0.15, -0.1) is 0 Å². The first kappa shape index (κ1) is 18.3. The van der Waals surface area contributed by atoms with Crippen LogP contribution in [0.5, 0.6) is 11.5 Å². The molecule has 0 atom stereocenters. The van der Waals surface area contributed by atoms with Gasteiger partial charge in [0.25, 0.3) is 5.91 Å². The predicted molar refractivity (Wildman–Crippen MR) is 99.7 cm³/mol. The summed E-state index contributed by atoms with van der Waals surface area (Å²) in [5, 5.41) is 3.04. The van der Waals surface area contributed by atoms with E-state index in [1.165, 1.54) is 5.56 Å². The maximum absolute atomic E-state index is 12.3. The second-order valence-electron chi connectivity index (χ2n) is 6.50. The molecule has 138 valence electrons. The van der Waals surface area contributed by atoms with Crippen molar-refractivity contribution in [3.05, 3.63) is 60.2 Å². The summed E-state index contributed by atoms with van der Waals surface area (Å²) in [5.41, 5.74) is 1.17. The lowest BCUT2D eigenvalue weighted by Crippen LogP contribution is -2.45. The van der Waals surface area contributed by atoms with Crippen molar-refractivity contribution in [3.63, 3.8) is 0 Å². The highest BCUT2D eigenvalue weighted by atomic mass is 16.5. The number of hydrogen-bond acceptors (Lipinski definition) is 4. The van der Waals surface area contributed by atoms with Gasteiger partial charge >= 0.3 is 0 Å². The SMILES string of the molecule is COc1cccc(OCC(=O)NCC2(c3ccccc3)CCOCC2)c1. The number of nitrogens with one attached hydrogen (secondary N) is 1. The molecule has 1 amide bonds. The number of amides is 1. The third-order valence-corrected chi connectivity index (χ3v) is 4.87. The van der Waals surface area contributed by atoms with Crippen LogP contribution in [0.3, 0.4) is 0 Å². The lowest BCUT2D eigenvalue weighted by Gasteiger charge is -2.38. The summed E-state index contributed by atoms with van der Waals surface area (Å²) >= 11 is 0. The van der Waals surface area contributed by atoms with Crippen LogP contribution in [0.1, 0.15) is 18.4 Å². The van der Waals surface area contributed by atoms with Gasteiger partial charge in [0.1, 0.15) is 11.5 Å². The minimum atomic E-state index is -0.130. The summed E-state index contributed by atoms with van der Waals surface area (Å²) in [6.45, 7) is 1.99. The van der Waals surface area contributed by atoms with Crippen molar-refractivity contribution in [2.24, 2.45) is 0 Å². The van der Waals surface area contributed by atoms with Crippen LogP contribution in [0.4, 0.5) is 0 Å². The van der Waals surface area contributed by atoms with Crippen molar-refractivity contribution in [1.82, 2.24) is 5.32 Å². The smallest absolute Gasteiger partial charge is 0.257 e. The van der Waals surface area contributed by atoms with Crippen LogP contribution >= 0.6 is 0 Å². The highest BCUT2D eigenvalue weighted by Gasteiger charge is 2.34. The number of carbonyl (C=O) groups is 1. The van der Waals surface area contributed by atoms with E-state index < -0.39 is 0 Å². The molecule has 1 aliphatic heterocycles. The number of ether oxygens (including phenoxy) is 3. The standard InChI is InChI=1S/C21H25NO4/c1-24-18-8-5-9-19(14-18)26-15-20(23)22-16-21(10-12-25-13-11-21)17-6-3-2-4-7-17/h2-9,14H,10-13,15-16H2,1H3,(H,22,23). The number of benzene rings is 2. The average Bonchev–Trinajstić information content (AvgIpc) is 2.72. The van der Waals surface area contributed by atoms with Crippen LogP contribution in [0.25, 0.3) is 0 Å². The van der Waals surface area contributed by atoms with Gasteiger partial charge in [-0.25, -0.2) is 0 Å². The Morgan fingerprint density at radius 1 is 1.08 bits per heavy atom. The van der Waals surface area contributed by atoms with Crippen LogP contribution in [-0.4, -0.2) is 39.4 Å². The Hall–Kier alpha value is -2.53. The zero-order valence-electron chi connectivity index (χ0n) is 15.1. The monoisotopic (exact) mass is 355 g/mol. The molecule has 1 heterocycles. The van der Waals surface area contributed by atoms with Crippen molar-refractivity contribution in [2.75, 3.05) is 33.5 Å². The largest absolute Gasteiger partial charge is 0.497 e. The minimum absolute atomic E-state index is 0.0193. The van der Waals surface area contributed by atoms with Gasteiger partial charge in [-0.1, -0.05) is 36.4 Å². The molecule has 2 aromatic carbocycles. The molecule has 0 aliphatic carbocycles. The molecule has 0 spiro atoms. The summed E-state index contributed by atoms with van der Waals surface area (Å²) in [6.07, 6.45) is 1.79. The van der Waals surface area contributed by atoms with E-state index in [4.69, 9.17) is 14.2 Å². The van der Waals surface area contributed by atoms with E-state index >= 15 is 0 Å². The Balaban J connectivity index is 1.57. The van der Waals surface area contributed by atoms with E-state index in [1.54, 1.807) is 19.2 Å². The highest BCUT2D eigenvalue weighted by molar-refractivity contribution is 5.77. The third-order valence-electron chi connectivity index (χ3n) is 4.87. The molecular weight excluding hydrogens is 330 g/mol. The van der Waals surface area contributed by atoms with Gasteiger partial charge in [-0.2, -0.15) is 0 Å². The van der Waals surface area contributed by atoms with Gasteiger partial charge in [0.05, 0.1) is 7.11 Å². The molecule has 1 saturated heterocycles. The Labute approximate surface area is 154 Å². The maximum Gasteiger partial charge on any atom is 0.257 e. The summed E-state index contributed by atoms with van der Waals surface area (Å²) in [4.78, 5) is 12.3. The van der Waals surface area contributed by atoms with E-state index in [9.17, 15) is 4.79 Å². The summed E-state index contributed by atoms with van der Waals surface area (Å²) in [7, 11) is 1.60. The van der Waals surface area contributed by atoms with E-state index in [0.717, 1.165) is 12.8 Å². The topological polar surface area (TPSA) is 56.8 Å². The molecule has 1 N–H and O–H groups in total. The fourth-order valence-corrected chi connectivity index (χ4v) is 3.28. The van der Waals surface area contributed by atoms with Crippen molar-refractivity contribution in [2.45, 2.75) is 18.3 Å². The molecule has 0 radical (unpaired) electrons. The van der Waals surface area contributed by atoms with Crippen LogP contribution in [-0.2, 0) is 14.9 Å². The Kier molecular flexibility index (Phi) is 6.12. The molecule has 3 rings (SSSR count). The lowest BCUT2D eigenvalue weighted by molar-refractivity contribution is -0.123. The second kappa shape index (κ2) is 8.72. The van der Waals surface area contributed by atoms with Crippen molar-refractivity contribution in [1.29, 1.82) is 0 Å². The second-order valence-corrected chi connectivity index (χ2v) is 6.50. The summed E-state index contributed by atoms with van der Waals surface area (Å²) in [5.74, 6) is 1.19. The summed E-state index contributed by atoms with van der Waals surface area (Å²) in [6, 6.07) is 17.6. The van der Waals surface area contributed by atoms with Crippen LogP contribution < -0.4 is 14.8 Å². The van der Waals surface area contributed by atoms with Crippen molar-refractivity contribution >= 4 is 5.91 Å². The van der Waals surface area contributed by atoms with Crippen molar-refractivity contribution in [3.8, 4) is 11.5 Å². The first-order valence-electron chi connectivity index (χ1n) is 8.89.